The van der Waals surface area contributed by atoms with Crippen LogP contribution < -0.4 is 10.2 Å². The van der Waals surface area contributed by atoms with E-state index >= 15 is 0 Å². The third kappa shape index (κ3) is 3.70. The van der Waals surface area contributed by atoms with E-state index < -0.39 is 12.4 Å². The third-order valence-corrected chi connectivity index (χ3v) is 6.21. The zero-order valence-electron chi connectivity index (χ0n) is 17.8. The topological polar surface area (TPSA) is 90.7 Å². The monoisotopic (exact) mass is 439 g/mol. The number of hydrogen-bond donors (Lipinski definition) is 2. The molecule has 0 saturated carbocycles. The summed E-state index contributed by atoms with van der Waals surface area (Å²) in [7, 11) is 3.17. The number of thiophene rings is 1. The van der Waals surface area contributed by atoms with Crippen molar-refractivity contribution < 1.29 is 14.7 Å². The predicted molar refractivity (Wildman–Crippen MR) is 121 cm³/mol. The van der Waals surface area contributed by atoms with Crippen molar-refractivity contribution in [2.45, 2.75) is 26.2 Å². The van der Waals surface area contributed by atoms with Crippen LogP contribution in [0.2, 0.25) is 0 Å². The van der Waals surface area contributed by atoms with Crippen LogP contribution in [0.15, 0.2) is 47.4 Å². The van der Waals surface area contributed by atoms with Gasteiger partial charge in [0.15, 0.2) is 11.5 Å². The van der Waals surface area contributed by atoms with Crippen molar-refractivity contribution in [3.05, 3.63) is 53.1 Å². The fourth-order valence-corrected chi connectivity index (χ4v) is 4.47. The Labute approximate surface area is 184 Å². The van der Waals surface area contributed by atoms with Crippen LogP contribution in [-0.4, -0.2) is 51.8 Å². The summed E-state index contributed by atoms with van der Waals surface area (Å²) in [4.78, 5) is 33.1. The van der Waals surface area contributed by atoms with Crippen LogP contribution in [0, 0.1) is 5.92 Å². The summed E-state index contributed by atoms with van der Waals surface area (Å²) in [5.74, 6) is -0.354. The van der Waals surface area contributed by atoms with Crippen LogP contribution >= 0.6 is 11.3 Å². The molecule has 0 spiro atoms. The first-order valence-electron chi connectivity index (χ1n) is 9.98. The summed E-state index contributed by atoms with van der Waals surface area (Å²) in [6, 6.07) is 9.08. The van der Waals surface area contributed by atoms with E-state index in [4.69, 9.17) is 0 Å². The molecule has 1 aromatic carbocycles. The highest BCUT2D eigenvalue weighted by Crippen LogP contribution is 2.32. The smallest absolute Gasteiger partial charge is 0.277 e. The van der Waals surface area contributed by atoms with E-state index in [2.05, 4.69) is 21.7 Å². The largest absolute Gasteiger partial charge is 0.356 e. The van der Waals surface area contributed by atoms with Crippen molar-refractivity contribution in [2.24, 2.45) is 5.92 Å². The molecule has 31 heavy (non-hydrogen) atoms. The Morgan fingerprint density at radius 2 is 1.84 bits per heavy atom. The van der Waals surface area contributed by atoms with Crippen molar-refractivity contribution in [3.8, 4) is 11.1 Å². The number of aliphatic hydroxyl groups is 1. The molecular weight excluding hydrogens is 414 g/mol. The first-order valence-corrected chi connectivity index (χ1v) is 10.9. The van der Waals surface area contributed by atoms with E-state index in [1.54, 1.807) is 23.0 Å². The number of hydrogen-bond acceptors (Lipinski definition) is 6. The van der Waals surface area contributed by atoms with Gasteiger partial charge in [0, 0.05) is 19.8 Å². The SMILES string of the molecule is CC(C)C(C(=O)Nc1ccc(-c2ccsc2)cc1)n1cnc2c1C(=O)N(C)C(O)N2C. The van der Waals surface area contributed by atoms with Crippen LogP contribution in [0.25, 0.3) is 11.1 Å². The number of rotatable bonds is 5. The summed E-state index contributed by atoms with van der Waals surface area (Å²) in [5, 5.41) is 17.3. The van der Waals surface area contributed by atoms with Crippen LogP contribution in [-0.2, 0) is 4.79 Å². The second kappa shape index (κ2) is 8.16. The minimum absolute atomic E-state index is 0.0985. The molecule has 3 heterocycles. The maximum atomic E-state index is 13.2. The van der Waals surface area contributed by atoms with Gasteiger partial charge in [-0.2, -0.15) is 11.3 Å². The number of anilines is 2. The first kappa shape index (κ1) is 21.1. The van der Waals surface area contributed by atoms with Crippen LogP contribution in [0.5, 0.6) is 0 Å². The molecule has 9 heteroatoms. The highest BCUT2D eigenvalue weighted by atomic mass is 32.1. The summed E-state index contributed by atoms with van der Waals surface area (Å²) >= 11 is 1.64. The van der Waals surface area contributed by atoms with Gasteiger partial charge < -0.3 is 19.9 Å². The average molecular weight is 440 g/mol. The van der Waals surface area contributed by atoms with E-state index in [9.17, 15) is 14.7 Å². The second-order valence-corrected chi connectivity index (χ2v) is 8.74. The first-order chi connectivity index (χ1) is 14.8. The number of aliphatic hydroxyl groups excluding tert-OH is 1. The Bertz CT molecular complexity index is 1090. The molecule has 3 aromatic rings. The molecule has 162 valence electrons. The lowest BCUT2D eigenvalue weighted by molar-refractivity contribution is -0.120. The number of carbonyl (C=O) groups excluding carboxylic acids is 2. The Morgan fingerprint density at radius 3 is 2.45 bits per heavy atom. The maximum Gasteiger partial charge on any atom is 0.277 e. The van der Waals surface area contributed by atoms with Gasteiger partial charge in [0.05, 0.1) is 6.33 Å². The number of fused-ring (bicyclic) bond motifs is 1. The molecule has 0 fully saturated rings. The van der Waals surface area contributed by atoms with E-state index in [0.717, 1.165) is 11.1 Å². The number of aromatic nitrogens is 2. The molecule has 0 aliphatic carbocycles. The Morgan fingerprint density at radius 1 is 1.13 bits per heavy atom. The second-order valence-electron chi connectivity index (χ2n) is 7.96. The van der Waals surface area contributed by atoms with Crippen LogP contribution in [0.3, 0.4) is 0 Å². The third-order valence-electron chi connectivity index (χ3n) is 5.53. The predicted octanol–water partition coefficient (Wildman–Crippen LogP) is 3.25. The van der Waals surface area contributed by atoms with Gasteiger partial charge >= 0.3 is 0 Å². The number of amides is 2. The number of nitrogens with one attached hydrogen (secondary N) is 1. The minimum atomic E-state index is -1.10. The van der Waals surface area contributed by atoms with Crippen molar-refractivity contribution >= 4 is 34.7 Å². The number of nitrogens with zero attached hydrogens (tertiary/aromatic N) is 4. The van der Waals surface area contributed by atoms with Crippen molar-refractivity contribution in [2.75, 3.05) is 24.3 Å². The fourth-order valence-electron chi connectivity index (χ4n) is 3.81. The van der Waals surface area contributed by atoms with E-state index in [0.29, 0.717) is 11.5 Å². The lowest BCUT2D eigenvalue weighted by Gasteiger charge is -2.37. The molecule has 1 aliphatic rings. The molecule has 8 nitrogen and oxygen atoms in total. The van der Waals surface area contributed by atoms with Crippen LogP contribution in [0.1, 0.15) is 30.4 Å². The summed E-state index contributed by atoms with van der Waals surface area (Å²) in [6.45, 7) is 3.85. The van der Waals surface area contributed by atoms with E-state index in [-0.39, 0.29) is 23.4 Å². The molecule has 2 N–H and O–H groups in total. The highest BCUT2D eigenvalue weighted by Gasteiger charge is 2.39. The number of benzene rings is 1. The zero-order chi connectivity index (χ0) is 22.3. The molecule has 4 rings (SSSR count). The maximum absolute atomic E-state index is 13.2. The van der Waals surface area contributed by atoms with Crippen molar-refractivity contribution in [1.29, 1.82) is 0 Å². The van der Waals surface area contributed by atoms with Gasteiger partial charge in [-0.1, -0.05) is 26.0 Å². The average Bonchev–Trinajstić information content (AvgIpc) is 3.42. The molecule has 2 aromatic heterocycles. The lowest BCUT2D eigenvalue weighted by atomic mass is 10.0. The summed E-state index contributed by atoms with van der Waals surface area (Å²) in [5.41, 5.74) is 3.19. The van der Waals surface area contributed by atoms with Gasteiger partial charge in [-0.15, -0.1) is 0 Å². The lowest BCUT2D eigenvalue weighted by Crippen LogP contribution is -2.52. The molecular formula is C22H25N5O3S. The van der Waals surface area contributed by atoms with E-state index in [1.165, 1.54) is 23.2 Å². The van der Waals surface area contributed by atoms with Crippen molar-refractivity contribution in [3.63, 3.8) is 0 Å². The highest BCUT2D eigenvalue weighted by molar-refractivity contribution is 7.08. The summed E-state index contributed by atoms with van der Waals surface area (Å²) < 4.78 is 1.61. The molecule has 1 aliphatic heterocycles. The summed E-state index contributed by atoms with van der Waals surface area (Å²) in [6.07, 6.45) is 0.394. The van der Waals surface area contributed by atoms with Gasteiger partial charge in [0.25, 0.3) is 5.91 Å². The molecule has 0 radical (unpaired) electrons. The van der Waals surface area contributed by atoms with Crippen LogP contribution in [0.4, 0.5) is 11.5 Å². The fraction of sp³-hybridized carbons (Fsp3) is 0.318. The van der Waals surface area contributed by atoms with Gasteiger partial charge in [0.1, 0.15) is 6.04 Å². The zero-order valence-corrected chi connectivity index (χ0v) is 18.6. The minimum Gasteiger partial charge on any atom is -0.356 e. The van der Waals surface area contributed by atoms with Crippen molar-refractivity contribution in [1.82, 2.24) is 14.5 Å². The molecule has 2 unspecified atom stereocenters. The number of carbonyl (C=O) groups is 2. The van der Waals surface area contributed by atoms with Gasteiger partial charge in [-0.05, 0) is 46.0 Å². The quantitative estimate of drug-likeness (QED) is 0.637. The van der Waals surface area contributed by atoms with Gasteiger partial charge in [0.2, 0.25) is 12.3 Å². The molecule has 2 amide bonds. The van der Waals surface area contributed by atoms with Gasteiger partial charge in [-0.3, -0.25) is 14.5 Å². The number of imidazole rings is 1. The molecule has 2 atom stereocenters. The Kier molecular flexibility index (Phi) is 5.55. The normalized spacial score (nSPS) is 17.1. The molecule has 0 bridgehead atoms. The van der Waals surface area contributed by atoms with Gasteiger partial charge in [-0.25, -0.2) is 4.98 Å². The Hall–Kier alpha value is -3.17. The van der Waals surface area contributed by atoms with E-state index in [1.807, 2.05) is 43.5 Å². The molecule has 0 saturated heterocycles. The Balaban J connectivity index is 1.61. The standard InChI is InChI=1S/C22H25N5O3S/c1-13(2)17(27-12-23-19-18(27)21(29)26(4)22(30)25(19)3)20(28)24-16-7-5-14(6-8-16)15-9-10-31-11-15/h5-13,17,22,30H,1-4H3,(H,24,28).